The first-order valence-corrected chi connectivity index (χ1v) is 8.88. The van der Waals surface area contributed by atoms with Crippen molar-refractivity contribution in [1.82, 2.24) is 20.5 Å². The molecule has 1 atom stereocenters. The number of aromatic nitrogens is 1. The Kier molecular flexibility index (Phi) is 4.55. The number of likely N-dealkylation sites (tertiary alicyclic amines) is 1. The maximum Gasteiger partial charge on any atom is 0.0705 e. The molecule has 0 radical (unpaired) electrons. The molecule has 122 valence electrons. The third kappa shape index (κ3) is 3.55. The molecule has 1 aromatic heterocycles. The smallest absolute Gasteiger partial charge is 0.0705 e. The number of hydrogen-bond acceptors (Lipinski definition) is 4. The average Bonchev–Trinajstić information content (AvgIpc) is 2.98. The van der Waals surface area contributed by atoms with E-state index in [1.807, 2.05) is 0 Å². The summed E-state index contributed by atoms with van der Waals surface area (Å²) in [6.07, 6.45) is 2.68. The van der Waals surface area contributed by atoms with Crippen LogP contribution in [0.3, 0.4) is 0 Å². The molecule has 2 N–H and O–H groups in total. The van der Waals surface area contributed by atoms with Crippen molar-refractivity contribution in [2.75, 3.05) is 32.7 Å². The number of hydrogen-bond donors (Lipinski definition) is 2. The molecule has 4 nitrogen and oxygen atoms in total. The SMILES string of the molecule is c1ccc2nc(CNC[C@@H]3CCCN3CC3CNC3)ccc2c1. The Balaban J connectivity index is 1.29. The van der Waals surface area contributed by atoms with Gasteiger partial charge in [0.1, 0.15) is 0 Å². The standard InChI is InChI=1S/C19H26N4/c1-2-6-19-16(4-1)7-8-17(22-19)12-21-13-18-5-3-9-23(18)14-15-10-20-11-15/h1-2,4,6-8,15,18,20-21H,3,5,9-14H2/t18-/m0/s1. The van der Waals surface area contributed by atoms with Crippen molar-refractivity contribution in [3.8, 4) is 0 Å². The van der Waals surface area contributed by atoms with Gasteiger partial charge >= 0.3 is 0 Å². The van der Waals surface area contributed by atoms with Gasteiger partial charge in [0.25, 0.3) is 0 Å². The molecule has 4 heteroatoms. The molecule has 3 heterocycles. The van der Waals surface area contributed by atoms with Crippen LogP contribution in [0.5, 0.6) is 0 Å². The highest BCUT2D eigenvalue weighted by Gasteiger charge is 2.28. The predicted octanol–water partition coefficient (Wildman–Crippen LogP) is 2.01. The van der Waals surface area contributed by atoms with Crippen LogP contribution in [0.1, 0.15) is 18.5 Å². The normalized spacial score (nSPS) is 22.5. The van der Waals surface area contributed by atoms with Crippen molar-refractivity contribution in [1.29, 1.82) is 0 Å². The van der Waals surface area contributed by atoms with E-state index in [1.54, 1.807) is 0 Å². The van der Waals surface area contributed by atoms with Gasteiger partial charge in [-0.2, -0.15) is 0 Å². The largest absolute Gasteiger partial charge is 0.316 e. The molecule has 2 saturated heterocycles. The van der Waals surface area contributed by atoms with Gasteiger partial charge in [-0.3, -0.25) is 9.88 Å². The van der Waals surface area contributed by atoms with Crippen LogP contribution < -0.4 is 10.6 Å². The van der Waals surface area contributed by atoms with E-state index < -0.39 is 0 Å². The fourth-order valence-corrected chi connectivity index (χ4v) is 3.75. The van der Waals surface area contributed by atoms with Gasteiger partial charge in [0, 0.05) is 44.2 Å². The molecule has 4 rings (SSSR count). The minimum absolute atomic E-state index is 0.705. The van der Waals surface area contributed by atoms with Crippen molar-refractivity contribution in [2.24, 2.45) is 5.92 Å². The van der Waals surface area contributed by atoms with E-state index in [0.717, 1.165) is 30.2 Å². The number of nitrogens with one attached hydrogen (secondary N) is 2. The summed E-state index contributed by atoms with van der Waals surface area (Å²) in [4.78, 5) is 7.43. The van der Waals surface area contributed by atoms with Crippen molar-refractivity contribution < 1.29 is 0 Å². The van der Waals surface area contributed by atoms with Gasteiger partial charge in [-0.15, -0.1) is 0 Å². The van der Waals surface area contributed by atoms with E-state index in [4.69, 9.17) is 4.98 Å². The Morgan fingerprint density at radius 1 is 1.17 bits per heavy atom. The number of rotatable bonds is 6. The van der Waals surface area contributed by atoms with E-state index in [2.05, 4.69) is 51.9 Å². The summed E-state index contributed by atoms with van der Waals surface area (Å²) in [6, 6.07) is 13.3. The molecular weight excluding hydrogens is 284 g/mol. The molecule has 0 bridgehead atoms. The minimum atomic E-state index is 0.705. The third-order valence-electron chi connectivity index (χ3n) is 5.20. The summed E-state index contributed by atoms with van der Waals surface area (Å²) in [5.74, 6) is 0.873. The van der Waals surface area contributed by atoms with Crippen LogP contribution in [0.4, 0.5) is 0 Å². The zero-order chi connectivity index (χ0) is 15.5. The first-order valence-electron chi connectivity index (χ1n) is 8.88. The Labute approximate surface area is 138 Å². The molecule has 2 aliphatic rings. The number of nitrogens with zero attached hydrogens (tertiary/aromatic N) is 2. The maximum atomic E-state index is 4.74. The second-order valence-electron chi connectivity index (χ2n) is 6.94. The van der Waals surface area contributed by atoms with Crippen LogP contribution in [0.2, 0.25) is 0 Å². The summed E-state index contributed by atoms with van der Waals surface area (Å²) >= 11 is 0. The number of para-hydroxylation sites is 1. The zero-order valence-corrected chi connectivity index (χ0v) is 13.7. The Morgan fingerprint density at radius 2 is 2.09 bits per heavy atom. The fraction of sp³-hybridized carbons (Fsp3) is 0.526. The van der Waals surface area contributed by atoms with Crippen LogP contribution >= 0.6 is 0 Å². The molecule has 23 heavy (non-hydrogen) atoms. The van der Waals surface area contributed by atoms with Crippen molar-refractivity contribution in [2.45, 2.75) is 25.4 Å². The van der Waals surface area contributed by atoms with E-state index in [1.165, 1.54) is 44.4 Å². The average molecular weight is 310 g/mol. The van der Waals surface area contributed by atoms with Crippen molar-refractivity contribution in [3.63, 3.8) is 0 Å². The molecule has 0 unspecified atom stereocenters. The summed E-state index contributed by atoms with van der Waals surface area (Å²) in [7, 11) is 0. The van der Waals surface area contributed by atoms with Crippen molar-refractivity contribution >= 4 is 10.9 Å². The summed E-state index contributed by atoms with van der Waals surface area (Å²) in [5.41, 5.74) is 2.23. The molecule has 0 amide bonds. The summed E-state index contributed by atoms with van der Waals surface area (Å²) in [6.45, 7) is 6.90. The molecule has 2 aliphatic heterocycles. The molecule has 2 fully saturated rings. The van der Waals surface area contributed by atoms with Crippen LogP contribution in [0.25, 0.3) is 10.9 Å². The maximum absolute atomic E-state index is 4.74. The Bertz CT molecular complexity index is 653. The third-order valence-corrected chi connectivity index (χ3v) is 5.20. The lowest BCUT2D eigenvalue weighted by Crippen LogP contribution is -2.50. The lowest BCUT2D eigenvalue weighted by atomic mass is 10.0. The Morgan fingerprint density at radius 3 is 2.96 bits per heavy atom. The van der Waals surface area contributed by atoms with Crippen LogP contribution in [0.15, 0.2) is 36.4 Å². The van der Waals surface area contributed by atoms with Crippen LogP contribution in [0, 0.1) is 5.92 Å². The van der Waals surface area contributed by atoms with Gasteiger partial charge in [0.15, 0.2) is 0 Å². The first-order chi connectivity index (χ1) is 11.4. The fourth-order valence-electron chi connectivity index (χ4n) is 3.75. The number of benzene rings is 1. The minimum Gasteiger partial charge on any atom is -0.316 e. The lowest BCUT2D eigenvalue weighted by Gasteiger charge is -2.34. The second kappa shape index (κ2) is 6.95. The molecule has 0 aliphatic carbocycles. The van der Waals surface area contributed by atoms with E-state index in [9.17, 15) is 0 Å². The topological polar surface area (TPSA) is 40.2 Å². The van der Waals surface area contributed by atoms with E-state index in [-0.39, 0.29) is 0 Å². The van der Waals surface area contributed by atoms with Crippen molar-refractivity contribution in [3.05, 3.63) is 42.1 Å². The number of pyridine rings is 1. The highest BCUT2D eigenvalue weighted by atomic mass is 15.2. The van der Waals surface area contributed by atoms with Gasteiger partial charge in [-0.25, -0.2) is 0 Å². The zero-order valence-electron chi connectivity index (χ0n) is 13.7. The number of fused-ring (bicyclic) bond motifs is 1. The van der Waals surface area contributed by atoms with Crippen LogP contribution in [-0.2, 0) is 6.54 Å². The first kappa shape index (κ1) is 15.1. The lowest BCUT2D eigenvalue weighted by molar-refractivity contribution is 0.177. The van der Waals surface area contributed by atoms with Gasteiger partial charge in [-0.1, -0.05) is 24.3 Å². The molecular formula is C19H26N4. The second-order valence-corrected chi connectivity index (χ2v) is 6.94. The van der Waals surface area contributed by atoms with Gasteiger partial charge in [-0.05, 0) is 37.4 Å². The summed E-state index contributed by atoms with van der Waals surface area (Å²) in [5, 5.41) is 8.22. The summed E-state index contributed by atoms with van der Waals surface area (Å²) < 4.78 is 0. The van der Waals surface area contributed by atoms with Crippen LogP contribution in [-0.4, -0.2) is 48.6 Å². The molecule has 2 aromatic rings. The quantitative estimate of drug-likeness (QED) is 0.856. The highest BCUT2D eigenvalue weighted by molar-refractivity contribution is 5.78. The van der Waals surface area contributed by atoms with Gasteiger partial charge in [0.05, 0.1) is 11.2 Å². The van der Waals surface area contributed by atoms with Gasteiger partial charge < -0.3 is 10.6 Å². The van der Waals surface area contributed by atoms with Gasteiger partial charge in [0.2, 0.25) is 0 Å². The van der Waals surface area contributed by atoms with E-state index >= 15 is 0 Å². The monoisotopic (exact) mass is 310 g/mol. The van der Waals surface area contributed by atoms with E-state index in [0.29, 0.717) is 6.04 Å². The highest BCUT2D eigenvalue weighted by Crippen LogP contribution is 2.19. The molecule has 1 aromatic carbocycles. The molecule has 0 spiro atoms. The molecule has 0 saturated carbocycles. The predicted molar refractivity (Wildman–Crippen MR) is 94.4 cm³/mol. The Hall–Kier alpha value is -1.49.